The Kier molecular flexibility index (Phi) is 7.59. The molecule has 0 aliphatic carbocycles. The van der Waals surface area contributed by atoms with Gasteiger partial charge in [0.25, 0.3) is 5.91 Å². The molecule has 1 amide bonds. The minimum Gasteiger partial charge on any atom is -0.455 e. The summed E-state index contributed by atoms with van der Waals surface area (Å²) < 4.78 is 5.02. The molecule has 5 nitrogen and oxygen atoms in total. The maximum Gasteiger partial charge on any atom is 0.319 e. The first-order valence-corrected chi connectivity index (χ1v) is 8.75. The zero-order chi connectivity index (χ0) is 18.3. The van der Waals surface area contributed by atoms with E-state index < -0.39 is 29.3 Å². The van der Waals surface area contributed by atoms with Crippen LogP contribution in [0, 0.1) is 17.2 Å². The standard InChI is InChI=1S/C17H21ClN2O3S/c1-11(2)17(4,10-19)20-15(21)9-23-16(22)12(3)24-14-7-5-13(18)6-8-14/h5-8,11-12H,9H2,1-4H3,(H,20,21)/t12-,17-/m0/s1. The zero-order valence-electron chi connectivity index (χ0n) is 14.1. The minimum atomic E-state index is -0.993. The third-order valence-corrected chi connectivity index (χ3v) is 4.93. The fraction of sp³-hybridized carbons (Fsp3) is 0.471. The van der Waals surface area contributed by atoms with E-state index in [0.29, 0.717) is 5.02 Å². The van der Waals surface area contributed by atoms with Crippen LogP contribution >= 0.6 is 23.4 Å². The molecular weight excluding hydrogens is 348 g/mol. The Morgan fingerprint density at radius 1 is 1.33 bits per heavy atom. The van der Waals surface area contributed by atoms with Crippen LogP contribution in [0.3, 0.4) is 0 Å². The number of rotatable bonds is 7. The summed E-state index contributed by atoms with van der Waals surface area (Å²) in [6, 6.07) is 9.17. The molecule has 1 aromatic carbocycles. The van der Waals surface area contributed by atoms with Crippen molar-refractivity contribution in [3.63, 3.8) is 0 Å². The number of nitrogens with one attached hydrogen (secondary N) is 1. The molecule has 0 spiro atoms. The van der Waals surface area contributed by atoms with Gasteiger partial charge in [-0.05, 0) is 44.0 Å². The van der Waals surface area contributed by atoms with Crippen molar-refractivity contribution >= 4 is 35.2 Å². The molecule has 2 atom stereocenters. The lowest BCUT2D eigenvalue weighted by Gasteiger charge is -2.27. The third-order valence-electron chi connectivity index (χ3n) is 3.59. The van der Waals surface area contributed by atoms with Crippen molar-refractivity contribution in [3.05, 3.63) is 29.3 Å². The molecule has 130 valence electrons. The number of hydrogen-bond donors (Lipinski definition) is 1. The summed E-state index contributed by atoms with van der Waals surface area (Å²) in [5.41, 5.74) is -0.993. The smallest absolute Gasteiger partial charge is 0.319 e. The van der Waals surface area contributed by atoms with Gasteiger partial charge >= 0.3 is 5.97 Å². The van der Waals surface area contributed by atoms with Crippen LogP contribution in [0.2, 0.25) is 5.02 Å². The van der Waals surface area contributed by atoms with E-state index in [9.17, 15) is 9.59 Å². The Morgan fingerprint density at radius 3 is 2.42 bits per heavy atom. The molecule has 7 heteroatoms. The zero-order valence-corrected chi connectivity index (χ0v) is 15.7. The van der Waals surface area contributed by atoms with Crippen molar-refractivity contribution in [2.24, 2.45) is 5.92 Å². The Bertz CT molecular complexity index is 628. The highest BCUT2D eigenvalue weighted by atomic mass is 35.5. The maximum absolute atomic E-state index is 12.0. The first kappa shape index (κ1) is 20.3. The molecular formula is C17H21ClN2O3S. The Balaban J connectivity index is 2.49. The van der Waals surface area contributed by atoms with Gasteiger partial charge in [-0.25, -0.2) is 0 Å². The summed E-state index contributed by atoms with van der Waals surface area (Å²) in [6.07, 6.45) is 0. The van der Waals surface area contributed by atoms with E-state index in [1.807, 2.05) is 26.0 Å². The van der Waals surface area contributed by atoms with Gasteiger partial charge in [0.15, 0.2) is 6.61 Å². The van der Waals surface area contributed by atoms with Gasteiger partial charge < -0.3 is 10.1 Å². The van der Waals surface area contributed by atoms with E-state index in [1.165, 1.54) is 11.8 Å². The van der Waals surface area contributed by atoms with Crippen molar-refractivity contribution in [1.82, 2.24) is 5.32 Å². The number of ether oxygens (including phenoxy) is 1. The molecule has 0 aliphatic heterocycles. The molecule has 1 N–H and O–H groups in total. The van der Waals surface area contributed by atoms with Crippen LogP contribution in [0.1, 0.15) is 27.7 Å². The lowest BCUT2D eigenvalue weighted by Crippen LogP contribution is -2.50. The van der Waals surface area contributed by atoms with E-state index >= 15 is 0 Å². The van der Waals surface area contributed by atoms with Crippen LogP contribution in [-0.4, -0.2) is 29.3 Å². The molecule has 0 fully saturated rings. The average molecular weight is 369 g/mol. The monoisotopic (exact) mass is 368 g/mol. The molecule has 0 aliphatic rings. The highest BCUT2D eigenvalue weighted by Crippen LogP contribution is 2.25. The molecule has 1 aromatic rings. The summed E-state index contributed by atoms with van der Waals surface area (Å²) >= 11 is 7.13. The SMILES string of the molecule is CC(C)[C@](C)(C#N)NC(=O)COC(=O)[C@H](C)Sc1ccc(Cl)cc1. The molecule has 0 bridgehead atoms. The number of nitrogens with zero attached hydrogens (tertiary/aromatic N) is 1. The van der Waals surface area contributed by atoms with Crippen LogP contribution in [0.15, 0.2) is 29.2 Å². The van der Waals surface area contributed by atoms with Gasteiger partial charge in [0.1, 0.15) is 10.8 Å². The maximum atomic E-state index is 12.0. The minimum absolute atomic E-state index is 0.0680. The first-order valence-electron chi connectivity index (χ1n) is 7.49. The van der Waals surface area contributed by atoms with Crippen LogP contribution in [-0.2, 0) is 14.3 Å². The van der Waals surface area contributed by atoms with Crippen molar-refractivity contribution in [3.8, 4) is 6.07 Å². The lowest BCUT2D eigenvalue weighted by atomic mass is 9.90. The van der Waals surface area contributed by atoms with Gasteiger partial charge in [-0.1, -0.05) is 25.4 Å². The van der Waals surface area contributed by atoms with Crippen molar-refractivity contribution in [2.45, 2.75) is 43.4 Å². The number of hydrogen-bond acceptors (Lipinski definition) is 5. The number of amides is 1. The van der Waals surface area contributed by atoms with E-state index in [0.717, 1.165) is 4.90 Å². The fourth-order valence-electron chi connectivity index (χ4n) is 1.65. The first-order chi connectivity index (χ1) is 11.2. The molecule has 1 rings (SSSR count). The summed E-state index contributed by atoms with van der Waals surface area (Å²) in [5, 5.41) is 11.9. The van der Waals surface area contributed by atoms with Gasteiger partial charge in [-0.15, -0.1) is 11.8 Å². The number of esters is 1. The summed E-state index contributed by atoms with van der Waals surface area (Å²) in [5.74, 6) is -1.06. The molecule has 24 heavy (non-hydrogen) atoms. The van der Waals surface area contributed by atoms with Crippen LogP contribution < -0.4 is 5.32 Å². The van der Waals surface area contributed by atoms with Crippen molar-refractivity contribution in [1.29, 1.82) is 5.26 Å². The van der Waals surface area contributed by atoms with E-state index in [4.69, 9.17) is 21.6 Å². The van der Waals surface area contributed by atoms with Crippen LogP contribution in [0.25, 0.3) is 0 Å². The van der Waals surface area contributed by atoms with Crippen LogP contribution in [0.5, 0.6) is 0 Å². The molecule has 0 heterocycles. The second-order valence-electron chi connectivity index (χ2n) is 5.84. The quantitative estimate of drug-likeness (QED) is 0.589. The predicted octanol–water partition coefficient (Wildman–Crippen LogP) is 3.42. The van der Waals surface area contributed by atoms with Gasteiger partial charge in [0.05, 0.1) is 6.07 Å². The average Bonchev–Trinajstić information content (AvgIpc) is 2.54. The second kappa shape index (κ2) is 8.95. The second-order valence-corrected chi connectivity index (χ2v) is 7.69. The topological polar surface area (TPSA) is 79.2 Å². The summed E-state index contributed by atoms with van der Waals surface area (Å²) in [4.78, 5) is 24.7. The number of benzene rings is 1. The number of nitriles is 1. The fourth-order valence-corrected chi connectivity index (χ4v) is 2.64. The molecule has 0 unspecified atom stereocenters. The highest BCUT2D eigenvalue weighted by molar-refractivity contribution is 8.00. The van der Waals surface area contributed by atoms with Crippen molar-refractivity contribution in [2.75, 3.05) is 6.61 Å². The number of carbonyl (C=O) groups excluding carboxylic acids is 2. The van der Waals surface area contributed by atoms with Gasteiger partial charge in [0.2, 0.25) is 0 Å². The van der Waals surface area contributed by atoms with E-state index in [2.05, 4.69) is 11.4 Å². The molecule has 0 radical (unpaired) electrons. The van der Waals surface area contributed by atoms with Gasteiger partial charge in [-0.3, -0.25) is 9.59 Å². The number of carbonyl (C=O) groups is 2. The summed E-state index contributed by atoms with van der Waals surface area (Å²) in [6.45, 7) is 6.60. The van der Waals surface area contributed by atoms with Gasteiger partial charge in [-0.2, -0.15) is 5.26 Å². The molecule has 0 aromatic heterocycles. The lowest BCUT2D eigenvalue weighted by molar-refractivity contribution is -0.148. The molecule has 0 saturated heterocycles. The van der Waals surface area contributed by atoms with Crippen LogP contribution in [0.4, 0.5) is 0 Å². The Labute approximate surface area is 151 Å². The van der Waals surface area contributed by atoms with Gasteiger partial charge in [0, 0.05) is 9.92 Å². The van der Waals surface area contributed by atoms with Crippen molar-refractivity contribution < 1.29 is 14.3 Å². The Hall–Kier alpha value is -1.71. The number of halogens is 1. The normalized spacial score (nSPS) is 14.4. The predicted molar refractivity (Wildman–Crippen MR) is 94.7 cm³/mol. The third kappa shape index (κ3) is 6.06. The largest absolute Gasteiger partial charge is 0.455 e. The van der Waals surface area contributed by atoms with E-state index in [1.54, 1.807) is 26.0 Å². The van der Waals surface area contributed by atoms with E-state index in [-0.39, 0.29) is 5.92 Å². The summed E-state index contributed by atoms with van der Waals surface area (Å²) in [7, 11) is 0. The number of thioether (sulfide) groups is 1. The highest BCUT2D eigenvalue weighted by Gasteiger charge is 2.30. The Morgan fingerprint density at radius 2 is 1.92 bits per heavy atom. The molecule has 0 saturated carbocycles.